The molecule has 0 saturated carbocycles. The van der Waals surface area contributed by atoms with E-state index in [2.05, 4.69) is 11.1 Å². The zero-order valence-corrected chi connectivity index (χ0v) is 14.2. The van der Waals surface area contributed by atoms with Crippen LogP contribution in [-0.2, 0) is 6.54 Å². The molecule has 0 spiro atoms. The summed E-state index contributed by atoms with van der Waals surface area (Å²) in [5.41, 5.74) is 3.74. The highest BCUT2D eigenvalue weighted by Gasteiger charge is 2.16. The van der Waals surface area contributed by atoms with Gasteiger partial charge in [0.15, 0.2) is 18.1 Å². The summed E-state index contributed by atoms with van der Waals surface area (Å²) < 4.78 is 13.0. The van der Waals surface area contributed by atoms with E-state index in [4.69, 9.17) is 9.47 Å². The standard InChI is InChI=1S/C19H23NO3/c1-6-9-20-14(3)11-16(15(20)4)17(21)12-23-18-8-7-13(2)10-19(18)22-5/h6-8,10-11H,1,9,12H2,2-5H3. The van der Waals surface area contributed by atoms with Crippen LogP contribution in [0.4, 0.5) is 0 Å². The van der Waals surface area contributed by atoms with Gasteiger partial charge in [0, 0.05) is 23.5 Å². The number of ketones is 1. The van der Waals surface area contributed by atoms with E-state index in [9.17, 15) is 4.79 Å². The lowest BCUT2D eigenvalue weighted by Gasteiger charge is -2.11. The molecule has 0 unspecified atom stereocenters. The number of aryl methyl sites for hydroxylation is 2. The Morgan fingerprint density at radius 2 is 1.96 bits per heavy atom. The molecule has 0 saturated heterocycles. The maximum atomic E-state index is 12.5. The molecule has 0 fully saturated rings. The van der Waals surface area contributed by atoms with E-state index in [-0.39, 0.29) is 12.4 Å². The number of aromatic nitrogens is 1. The summed E-state index contributed by atoms with van der Waals surface area (Å²) in [6.45, 7) is 10.3. The average molecular weight is 313 g/mol. The number of ether oxygens (including phenoxy) is 2. The predicted octanol–water partition coefficient (Wildman–Crippen LogP) is 3.87. The summed E-state index contributed by atoms with van der Waals surface area (Å²) in [5.74, 6) is 1.16. The Morgan fingerprint density at radius 3 is 2.61 bits per heavy atom. The summed E-state index contributed by atoms with van der Waals surface area (Å²) in [5, 5.41) is 0. The first-order valence-electron chi connectivity index (χ1n) is 7.56. The fourth-order valence-corrected chi connectivity index (χ4v) is 2.61. The van der Waals surface area contributed by atoms with E-state index in [0.29, 0.717) is 23.6 Å². The van der Waals surface area contributed by atoms with E-state index in [0.717, 1.165) is 17.0 Å². The van der Waals surface area contributed by atoms with Gasteiger partial charge in [0.1, 0.15) is 0 Å². The minimum absolute atomic E-state index is 0.0161. The van der Waals surface area contributed by atoms with Crippen LogP contribution in [0.1, 0.15) is 27.3 Å². The minimum Gasteiger partial charge on any atom is -0.493 e. The van der Waals surface area contributed by atoms with Gasteiger partial charge in [-0.05, 0) is 44.5 Å². The Hall–Kier alpha value is -2.49. The third-order valence-corrected chi connectivity index (χ3v) is 3.86. The van der Waals surface area contributed by atoms with Crippen LogP contribution in [0.5, 0.6) is 11.5 Å². The monoisotopic (exact) mass is 313 g/mol. The molecule has 4 heteroatoms. The van der Waals surface area contributed by atoms with E-state index in [1.807, 2.05) is 51.1 Å². The summed E-state index contributed by atoms with van der Waals surface area (Å²) in [7, 11) is 1.59. The number of carbonyl (C=O) groups is 1. The highest BCUT2D eigenvalue weighted by atomic mass is 16.5. The molecule has 23 heavy (non-hydrogen) atoms. The Bertz CT molecular complexity index is 728. The molecule has 0 bridgehead atoms. The predicted molar refractivity (Wildman–Crippen MR) is 91.7 cm³/mol. The summed E-state index contributed by atoms with van der Waals surface area (Å²) in [4.78, 5) is 12.5. The Balaban J connectivity index is 2.14. The molecular formula is C19H23NO3. The van der Waals surface area contributed by atoms with Gasteiger partial charge >= 0.3 is 0 Å². The highest BCUT2D eigenvalue weighted by molar-refractivity contribution is 5.98. The number of rotatable bonds is 7. The van der Waals surface area contributed by atoms with Crippen molar-refractivity contribution in [1.29, 1.82) is 0 Å². The number of carbonyl (C=O) groups excluding carboxylic acids is 1. The molecule has 4 nitrogen and oxygen atoms in total. The second-order valence-corrected chi connectivity index (χ2v) is 5.55. The Labute approximate surface area is 137 Å². The quantitative estimate of drug-likeness (QED) is 0.575. The number of Topliss-reactive ketones (excluding diaryl/α,β-unsaturated/α-hetero) is 1. The van der Waals surface area contributed by atoms with Gasteiger partial charge in [-0.2, -0.15) is 0 Å². The molecule has 2 rings (SSSR count). The molecule has 0 aliphatic heterocycles. The third-order valence-electron chi connectivity index (χ3n) is 3.86. The first-order valence-corrected chi connectivity index (χ1v) is 7.56. The van der Waals surface area contributed by atoms with Crippen molar-refractivity contribution in [3.05, 3.63) is 59.4 Å². The minimum atomic E-state index is -0.0453. The summed E-state index contributed by atoms with van der Waals surface area (Å²) >= 11 is 0. The lowest BCUT2D eigenvalue weighted by molar-refractivity contribution is 0.0918. The van der Waals surface area contributed by atoms with Crippen LogP contribution in [0.15, 0.2) is 36.9 Å². The molecule has 0 atom stereocenters. The molecule has 2 aromatic rings. The van der Waals surface area contributed by atoms with Gasteiger partial charge in [0.25, 0.3) is 0 Å². The Kier molecular flexibility index (Phi) is 5.27. The topological polar surface area (TPSA) is 40.5 Å². The molecule has 0 radical (unpaired) electrons. The molecule has 0 N–H and O–H groups in total. The largest absolute Gasteiger partial charge is 0.493 e. The molecule has 1 heterocycles. The summed E-state index contributed by atoms with van der Waals surface area (Å²) in [6.07, 6.45) is 1.82. The van der Waals surface area contributed by atoms with Crippen molar-refractivity contribution >= 4 is 5.78 Å². The molecule has 0 aliphatic rings. The van der Waals surface area contributed by atoms with Crippen LogP contribution in [-0.4, -0.2) is 24.1 Å². The van der Waals surface area contributed by atoms with Gasteiger partial charge in [-0.25, -0.2) is 0 Å². The number of nitrogens with zero attached hydrogens (tertiary/aromatic N) is 1. The summed E-state index contributed by atoms with van der Waals surface area (Å²) in [6, 6.07) is 7.54. The van der Waals surface area contributed by atoms with Gasteiger partial charge in [-0.1, -0.05) is 12.1 Å². The van der Waals surface area contributed by atoms with Gasteiger partial charge in [0.2, 0.25) is 5.78 Å². The number of hydrogen-bond donors (Lipinski definition) is 0. The number of methoxy groups -OCH3 is 1. The lowest BCUT2D eigenvalue weighted by Crippen LogP contribution is -2.13. The maximum Gasteiger partial charge on any atom is 0.202 e. The molecule has 0 amide bonds. The second kappa shape index (κ2) is 7.18. The molecule has 1 aromatic heterocycles. The van der Waals surface area contributed by atoms with Crippen LogP contribution >= 0.6 is 0 Å². The van der Waals surface area contributed by atoms with Gasteiger partial charge < -0.3 is 14.0 Å². The lowest BCUT2D eigenvalue weighted by atomic mass is 10.1. The van der Waals surface area contributed by atoms with E-state index in [1.165, 1.54) is 0 Å². The highest BCUT2D eigenvalue weighted by Crippen LogP contribution is 2.28. The second-order valence-electron chi connectivity index (χ2n) is 5.55. The fraction of sp³-hybridized carbons (Fsp3) is 0.316. The maximum absolute atomic E-state index is 12.5. The zero-order valence-electron chi connectivity index (χ0n) is 14.2. The van der Waals surface area contributed by atoms with E-state index < -0.39 is 0 Å². The zero-order chi connectivity index (χ0) is 17.0. The third kappa shape index (κ3) is 3.65. The smallest absolute Gasteiger partial charge is 0.202 e. The molecule has 0 aliphatic carbocycles. The SMILES string of the molecule is C=CCn1c(C)cc(C(=O)COc2ccc(C)cc2OC)c1C. The fourth-order valence-electron chi connectivity index (χ4n) is 2.61. The van der Waals surface area contributed by atoms with Crippen molar-refractivity contribution in [2.24, 2.45) is 0 Å². The molecular weight excluding hydrogens is 290 g/mol. The van der Waals surface area contributed by atoms with Crippen molar-refractivity contribution in [2.45, 2.75) is 27.3 Å². The van der Waals surface area contributed by atoms with Gasteiger partial charge in [-0.15, -0.1) is 6.58 Å². The van der Waals surface area contributed by atoms with Crippen LogP contribution in [0, 0.1) is 20.8 Å². The van der Waals surface area contributed by atoms with Gasteiger partial charge in [-0.3, -0.25) is 4.79 Å². The first-order chi connectivity index (χ1) is 11.0. The van der Waals surface area contributed by atoms with Crippen molar-refractivity contribution in [2.75, 3.05) is 13.7 Å². The van der Waals surface area contributed by atoms with Crippen molar-refractivity contribution < 1.29 is 14.3 Å². The number of allylic oxidation sites excluding steroid dienone is 1. The van der Waals surface area contributed by atoms with Crippen molar-refractivity contribution in [3.63, 3.8) is 0 Å². The molecule has 1 aromatic carbocycles. The van der Waals surface area contributed by atoms with Crippen LogP contribution < -0.4 is 9.47 Å². The van der Waals surface area contributed by atoms with Crippen LogP contribution in [0.25, 0.3) is 0 Å². The van der Waals surface area contributed by atoms with Gasteiger partial charge in [0.05, 0.1) is 7.11 Å². The van der Waals surface area contributed by atoms with Crippen molar-refractivity contribution in [1.82, 2.24) is 4.57 Å². The normalized spacial score (nSPS) is 10.4. The first kappa shape index (κ1) is 16.9. The average Bonchev–Trinajstić information content (AvgIpc) is 2.82. The van der Waals surface area contributed by atoms with Crippen LogP contribution in [0.2, 0.25) is 0 Å². The van der Waals surface area contributed by atoms with Crippen molar-refractivity contribution in [3.8, 4) is 11.5 Å². The Morgan fingerprint density at radius 1 is 1.22 bits per heavy atom. The van der Waals surface area contributed by atoms with E-state index in [1.54, 1.807) is 7.11 Å². The van der Waals surface area contributed by atoms with E-state index >= 15 is 0 Å². The number of hydrogen-bond acceptors (Lipinski definition) is 3. The molecule has 122 valence electrons. The number of benzene rings is 1. The van der Waals surface area contributed by atoms with Crippen LogP contribution in [0.3, 0.4) is 0 Å².